The molecule has 19 heavy (non-hydrogen) atoms. The number of aliphatic carboxylic acids is 1. The Balaban J connectivity index is 1.99. The number of hydrogen-bond acceptors (Lipinski definition) is 3. The zero-order valence-corrected chi connectivity index (χ0v) is 10.1. The first-order chi connectivity index (χ1) is 9.11. The highest BCUT2D eigenvalue weighted by molar-refractivity contribution is 5.87. The van der Waals surface area contributed by atoms with E-state index in [4.69, 9.17) is 16.3 Å². The van der Waals surface area contributed by atoms with Gasteiger partial charge in [-0.2, -0.15) is 0 Å². The maximum absolute atomic E-state index is 11.9. The van der Waals surface area contributed by atoms with E-state index in [0.29, 0.717) is 12.2 Å². The number of para-hydroxylation sites is 1. The third kappa shape index (κ3) is 2.86. The normalized spacial score (nSPS) is 17.7. The molecule has 1 aromatic rings. The first kappa shape index (κ1) is 13.0. The van der Waals surface area contributed by atoms with Crippen molar-refractivity contribution >= 4 is 11.9 Å². The van der Waals surface area contributed by atoms with E-state index < -0.39 is 24.0 Å². The van der Waals surface area contributed by atoms with Gasteiger partial charge in [-0.1, -0.05) is 18.2 Å². The third-order valence-electron chi connectivity index (χ3n) is 2.88. The Labute approximate surface area is 110 Å². The molecule has 1 amide bonds. The lowest BCUT2D eigenvalue weighted by molar-refractivity contribution is -0.142. The molecule has 0 aliphatic carbocycles. The lowest BCUT2D eigenvalue weighted by Crippen LogP contribution is -2.46. The molecule has 98 valence electrons. The van der Waals surface area contributed by atoms with E-state index in [9.17, 15) is 9.59 Å². The van der Waals surface area contributed by atoms with Gasteiger partial charge in [-0.3, -0.25) is 4.79 Å². The Bertz CT molecular complexity index is 522. The first-order valence-electron chi connectivity index (χ1n) is 5.83. The molecule has 0 spiro atoms. The van der Waals surface area contributed by atoms with Gasteiger partial charge in [0.2, 0.25) is 0 Å². The molecule has 0 saturated carbocycles. The molecule has 2 N–H and O–H groups in total. The number of carbonyl (C=O) groups excluding carboxylic acids is 1. The molecule has 1 aliphatic heterocycles. The fourth-order valence-corrected chi connectivity index (χ4v) is 1.91. The van der Waals surface area contributed by atoms with Gasteiger partial charge < -0.3 is 15.2 Å². The van der Waals surface area contributed by atoms with Crippen molar-refractivity contribution < 1.29 is 19.4 Å². The van der Waals surface area contributed by atoms with E-state index in [-0.39, 0.29) is 6.42 Å². The van der Waals surface area contributed by atoms with Gasteiger partial charge in [-0.25, -0.2) is 4.79 Å². The van der Waals surface area contributed by atoms with Crippen molar-refractivity contribution in [2.75, 3.05) is 0 Å². The topological polar surface area (TPSA) is 75.6 Å². The lowest BCUT2D eigenvalue weighted by atomic mass is 10.1. The number of carbonyl (C=O) groups is 2. The molecule has 0 saturated heterocycles. The summed E-state index contributed by atoms with van der Waals surface area (Å²) in [6.45, 7) is 0. The highest BCUT2D eigenvalue weighted by Gasteiger charge is 2.31. The van der Waals surface area contributed by atoms with Crippen LogP contribution in [0.3, 0.4) is 0 Å². The molecule has 1 aromatic carbocycles. The van der Waals surface area contributed by atoms with Crippen molar-refractivity contribution in [3.05, 3.63) is 29.8 Å². The van der Waals surface area contributed by atoms with Crippen LogP contribution in [-0.4, -0.2) is 29.1 Å². The molecule has 0 fully saturated rings. The summed E-state index contributed by atoms with van der Waals surface area (Å²) in [5, 5.41) is 11.3. The summed E-state index contributed by atoms with van der Waals surface area (Å²) in [6.07, 6.45) is 4.75. The summed E-state index contributed by atoms with van der Waals surface area (Å²) < 4.78 is 5.47. The van der Waals surface area contributed by atoms with Crippen LogP contribution in [-0.2, 0) is 16.0 Å². The minimum absolute atomic E-state index is 0.0548. The first-order valence-corrected chi connectivity index (χ1v) is 5.83. The van der Waals surface area contributed by atoms with Gasteiger partial charge in [-0.15, -0.1) is 12.3 Å². The Hall–Kier alpha value is -2.48. The average Bonchev–Trinajstić information content (AvgIpc) is 2.81. The number of amides is 1. The SMILES string of the molecule is C#CCC(NC(=O)C1Cc2ccccc2O1)C(=O)O. The number of hydrogen-bond donors (Lipinski definition) is 2. The van der Waals surface area contributed by atoms with Gasteiger partial charge in [0.05, 0.1) is 0 Å². The summed E-state index contributed by atoms with van der Waals surface area (Å²) in [6, 6.07) is 6.25. The van der Waals surface area contributed by atoms with Crippen molar-refractivity contribution in [2.24, 2.45) is 0 Å². The number of ether oxygens (including phenoxy) is 1. The minimum Gasteiger partial charge on any atom is -0.480 e. The average molecular weight is 259 g/mol. The highest BCUT2D eigenvalue weighted by atomic mass is 16.5. The Morgan fingerprint density at radius 1 is 1.53 bits per heavy atom. The third-order valence-corrected chi connectivity index (χ3v) is 2.88. The smallest absolute Gasteiger partial charge is 0.327 e. The number of carboxylic acid groups (broad SMARTS) is 1. The summed E-state index contributed by atoms with van der Waals surface area (Å²) >= 11 is 0. The number of fused-ring (bicyclic) bond motifs is 1. The molecular formula is C14H13NO4. The van der Waals surface area contributed by atoms with Crippen LogP contribution < -0.4 is 10.1 Å². The Kier molecular flexibility index (Phi) is 3.71. The van der Waals surface area contributed by atoms with Gasteiger partial charge in [0, 0.05) is 12.8 Å². The summed E-state index contributed by atoms with van der Waals surface area (Å²) in [5.74, 6) is 1.27. The van der Waals surface area contributed by atoms with E-state index in [1.54, 1.807) is 6.07 Å². The predicted octanol–water partition coefficient (Wildman–Crippen LogP) is 0.583. The van der Waals surface area contributed by atoms with Crippen molar-refractivity contribution in [1.82, 2.24) is 5.32 Å². The van der Waals surface area contributed by atoms with E-state index in [1.807, 2.05) is 18.2 Å². The Morgan fingerprint density at radius 2 is 2.26 bits per heavy atom. The number of carboxylic acids is 1. The summed E-state index contributed by atoms with van der Waals surface area (Å²) in [5.41, 5.74) is 0.937. The van der Waals surface area contributed by atoms with Crippen molar-refractivity contribution in [3.63, 3.8) is 0 Å². The highest BCUT2D eigenvalue weighted by Crippen LogP contribution is 2.28. The predicted molar refractivity (Wildman–Crippen MR) is 67.6 cm³/mol. The van der Waals surface area contributed by atoms with Gasteiger partial charge in [0.15, 0.2) is 6.10 Å². The van der Waals surface area contributed by atoms with Gasteiger partial charge in [0.1, 0.15) is 11.8 Å². The molecule has 2 unspecified atom stereocenters. The van der Waals surface area contributed by atoms with Crippen LogP contribution in [0.25, 0.3) is 0 Å². The molecule has 0 bridgehead atoms. The van der Waals surface area contributed by atoms with E-state index in [0.717, 1.165) is 5.56 Å². The number of terminal acetylenes is 1. The quantitative estimate of drug-likeness (QED) is 0.776. The minimum atomic E-state index is -1.15. The van der Waals surface area contributed by atoms with E-state index in [1.165, 1.54) is 0 Å². The number of nitrogens with one attached hydrogen (secondary N) is 1. The van der Waals surface area contributed by atoms with Crippen molar-refractivity contribution in [3.8, 4) is 18.1 Å². The molecule has 2 atom stereocenters. The van der Waals surface area contributed by atoms with Crippen molar-refractivity contribution in [2.45, 2.75) is 25.0 Å². The number of rotatable bonds is 4. The van der Waals surface area contributed by atoms with Crippen LogP contribution in [0.1, 0.15) is 12.0 Å². The summed E-state index contributed by atoms with van der Waals surface area (Å²) in [7, 11) is 0. The zero-order valence-electron chi connectivity index (χ0n) is 10.1. The molecular weight excluding hydrogens is 246 g/mol. The van der Waals surface area contributed by atoms with Crippen molar-refractivity contribution in [1.29, 1.82) is 0 Å². The number of benzene rings is 1. The maximum Gasteiger partial charge on any atom is 0.327 e. The second-order valence-electron chi connectivity index (χ2n) is 4.23. The maximum atomic E-state index is 11.9. The Morgan fingerprint density at radius 3 is 2.89 bits per heavy atom. The van der Waals surface area contributed by atoms with Gasteiger partial charge >= 0.3 is 5.97 Å². The van der Waals surface area contributed by atoms with Gasteiger partial charge in [0.25, 0.3) is 5.91 Å². The molecule has 2 rings (SSSR count). The fraction of sp³-hybridized carbons (Fsp3) is 0.286. The second kappa shape index (κ2) is 5.44. The van der Waals surface area contributed by atoms with Crippen LogP contribution in [0, 0.1) is 12.3 Å². The largest absolute Gasteiger partial charge is 0.480 e. The monoisotopic (exact) mass is 259 g/mol. The molecule has 5 heteroatoms. The fourth-order valence-electron chi connectivity index (χ4n) is 1.91. The molecule has 0 radical (unpaired) electrons. The zero-order chi connectivity index (χ0) is 13.8. The standard InChI is InChI=1S/C14H13NO4/c1-2-5-10(14(17)18)15-13(16)12-8-9-6-3-4-7-11(9)19-12/h1,3-4,6-7,10,12H,5,8H2,(H,15,16)(H,17,18). The summed E-state index contributed by atoms with van der Waals surface area (Å²) in [4.78, 5) is 22.8. The van der Waals surface area contributed by atoms with E-state index >= 15 is 0 Å². The van der Waals surface area contributed by atoms with Crippen LogP contribution >= 0.6 is 0 Å². The van der Waals surface area contributed by atoms with Crippen LogP contribution in [0.15, 0.2) is 24.3 Å². The molecule has 0 aromatic heterocycles. The van der Waals surface area contributed by atoms with E-state index in [2.05, 4.69) is 11.2 Å². The molecule has 1 aliphatic rings. The molecule has 5 nitrogen and oxygen atoms in total. The molecule has 1 heterocycles. The second-order valence-corrected chi connectivity index (χ2v) is 4.23. The lowest BCUT2D eigenvalue weighted by Gasteiger charge is -2.15. The van der Waals surface area contributed by atoms with Crippen LogP contribution in [0.4, 0.5) is 0 Å². The van der Waals surface area contributed by atoms with Crippen LogP contribution in [0.2, 0.25) is 0 Å². The van der Waals surface area contributed by atoms with Crippen LogP contribution in [0.5, 0.6) is 5.75 Å². The van der Waals surface area contributed by atoms with Gasteiger partial charge in [-0.05, 0) is 11.6 Å².